The van der Waals surface area contributed by atoms with Crippen molar-refractivity contribution in [1.29, 1.82) is 0 Å². The third kappa shape index (κ3) is 3.02. The van der Waals surface area contributed by atoms with Crippen molar-refractivity contribution in [2.24, 2.45) is 0 Å². The molecule has 0 saturated heterocycles. The molecule has 7 heteroatoms. The number of nitrogens with one attached hydrogen (secondary N) is 1. The van der Waals surface area contributed by atoms with Crippen LogP contribution in [-0.4, -0.2) is 13.4 Å². The molecule has 2 aromatic rings. The molecule has 1 aromatic heterocycles. The first kappa shape index (κ1) is 14.6. The molecule has 0 fully saturated rings. The van der Waals surface area contributed by atoms with E-state index in [0.29, 0.717) is 16.9 Å². The molecule has 1 heterocycles. The van der Waals surface area contributed by atoms with E-state index >= 15 is 0 Å². The molecule has 0 aliphatic carbocycles. The van der Waals surface area contributed by atoms with Crippen LogP contribution < -0.4 is 10.5 Å². The van der Waals surface area contributed by atoms with E-state index in [-0.39, 0.29) is 10.0 Å². The van der Waals surface area contributed by atoms with Gasteiger partial charge in [0.1, 0.15) is 5.15 Å². The number of aromatic nitrogens is 1. The van der Waals surface area contributed by atoms with Crippen molar-refractivity contribution in [2.45, 2.75) is 18.7 Å². The lowest BCUT2D eigenvalue weighted by molar-refractivity contribution is 0.600. The van der Waals surface area contributed by atoms with Crippen LogP contribution in [0.1, 0.15) is 11.1 Å². The number of hydrogen-bond acceptors (Lipinski definition) is 4. The summed E-state index contributed by atoms with van der Waals surface area (Å²) >= 11 is 5.74. The van der Waals surface area contributed by atoms with E-state index in [9.17, 15) is 8.42 Å². The highest BCUT2D eigenvalue weighted by molar-refractivity contribution is 7.92. The van der Waals surface area contributed by atoms with Gasteiger partial charge in [-0.15, -0.1) is 0 Å². The average molecular weight is 312 g/mol. The number of nitrogens with zero attached hydrogens (tertiary/aromatic N) is 1. The van der Waals surface area contributed by atoms with Crippen molar-refractivity contribution in [3.8, 4) is 0 Å². The Morgan fingerprint density at radius 3 is 2.60 bits per heavy atom. The molecule has 0 aliphatic rings. The first-order valence-electron chi connectivity index (χ1n) is 5.81. The van der Waals surface area contributed by atoms with Gasteiger partial charge in [0.05, 0.1) is 10.6 Å². The van der Waals surface area contributed by atoms with Crippen molar-refractivity contribution in [3.63, 3.8) is 0 Å². The maximum atomic E-state index is 12.4. The standard InChI is InChI=1S/C13H14ClN3O2S/c1-8-5-11(15)9(2)12(6-8)20(18,19)17-10-3-4-16-13(14)7-10/h3-7H,15H2,1-2H3,(H,16,17). The number of nitrogens with two attached hydrogens (primary N) is 1. The highest BCUT2D eigenvalue weighted by atomic mass is 35.5. The van der Waals surface area contributed by atoms with Crippen molar-refractivity contribution in [3.05, 3.63) is 46.7 Å². The smallest absolute Gasteiger partial charge is 0.262 e. The van der Waals surface area contributed by atoms with Crippen molar-refractivity contribution < 1.29 is 8.42 Å². The molecule has 0 radical (unpaired) electrons. The Kier molecular flexibility index (Phi) is 3.87. The molecule has 0 unspecified atom stereocenters. The molecule has 1 aromatic carbocycles. The van der Waals surface area contributed by atoms with Gasteiger partial charge in [0, 0.05) is 11.9 Å². The summed E-state index contributed by atoms with van der Waals surface area (Å²) in [5, 5.41) is 0.214. The van der Waals surface area contributed by atoms with Gasteiger partial charge in [-0.05, 0) is 49.2 Å². The largest absolute Gasteiger partial charge is 0.398 e. The van der Waals surface area contributed by atoms with E-state index in [1.165, 1.54) is 18.3 Å². The van der Waals surface area contributed by atoms with Crippen LogP contribution >= 0.6 is 11.6 Å². The minimum atomic E-state index is -3.72. The van der Waals surface area contributed by atoms with Crippen LogP contribution in [0.2, 0.25) is 5.15 Å². The monoisotopic (exact) mass is 311 g/mol. The molecule has 0 amide bonds. The van der Waals surface area contributed by atoms with Crippen LogP contribution in [0.4, 0.5) is 11.4 Å². The minimum Gasteiger partial charge on any atom is -0.398 e. The third-order valence-electron chi connectivity index (χ3n) is 2.81. The Morgan fingerprint density at radius 1 is 1.25 bits per heavy atom. The van der Waals surface area contributed by atoms with Gasteiger partial charge < -0.3 is 5.73 Å². The fraction of sp³-hybridized carbons (Fsp3) is 0.154. The molecule has 2 rings (SSSR count). The fourth-order valence-corrected chi connectivity index (χ4v) is 3.39. The molecule has 20 heavy (non-hydrogen) atoms. The SMILES string of the molecule is Cc1cc(N)c(C)c(S(=O)(=O)Nc2ccnc(Cl)c2)c1. The minimum absolute atomic E-state index is 0.155. The predicted molar refractivity (Wildman–Crippen MR) is 80.4 cm³/mol. The zero-order chi connectivity index (χ0) is 14.9. The quantitative estimate of drug-likeness (QED) is 0.674. The summed E-state index contributed by atoms with van der Waals surface area (Å²) in [5.74, 6) is 0. The van der Waals surface area contributed by atoms with Gasteiger partial charge in [-0.25, -0.2) is 13.4 Å². The highest BCUT2D eigenvalue weighted by Crippen LogP contribution is 2.25. The number of pyridine rings is 1. The van der Waals surface area contributed by atoms with Crippen LogP contribution in [0.5, 0.6) is 0 Å². The van der Waals surface area contributed by atoms with Gasteiger partial charge in [-0.3, -0.25) is 4.72 Å². The Balaban J connectivity index is 2.46. The van der Waals surface area contributed by atoms with E-state index < -0.39 is 10.0 Å². The number of nitrogen functional groups attached to an aromatic ring is 1. The van der Waals surface area contributed by atoms with Gasteiger partial charge in [0.2, 0.25) is 0 Å². The summed E-state index contributed by atoms with van der Waals surface area (Å²) in [7, 11) is -3.72. The van der Waals surface area contributed by atoms with Gasteiger partial charge in [0.25, 0.3) is 10.0 Å². The lowest BCUT2D eigenvalue weighted by Crippen LogP contribution is -2.15. The fourth-order valence-electron chi connectivity index (χ4n) is 1.81. The molecule has 0 bridgehead atoms. The maximum absolute atomic E-state index is 12.4. The van der Waals surface area contributed by atoms with Crippen LogP contribution in [0.3, 0.4) is 0 Å². The summed E-state index contributed by atoms with van der Waals surface area (Å²) in [6, 6.07) is 6.28. The van der Waals surface area contributed by atoms with Crippen molar-refractivity contribution >= 4 is 33.0 Å². The normalized spacial score (nSPS) is 11.3. The second-order valence-electron chi connectivity index (χ2n) is 4.45. The Bertz CT molecular complexity index is 760. The zero-order valence-electron chi connectivity index (χ0n) is 11.0. The topological polar surface area (TPSA) is 85.1 Å². The molecule has 106 valence electrons. The van der Waals surface area contributed by atoms with Gasteiger partial charge in [0.15, 0.2) is 0 Å². The third-order valence-corrected chi connectivity index (χ3v) is 4.53. The van der Waals surface area contributed by atoms with E-state index in [1.54, 1.807) is 26.0 Å². The van der Waals surface area contributed by atoms with E-state index in [0.717, 1.165) is 5.56 Å². The number of aryl methyl sites for hydroxylation is 1. The lowest BCUT2D eigenvalue weighted by Gasteiger charge is -2.13. The summed E-state index contributed by atoms with van der Waals surface area (Å²) in [6.45, 7) is 3.46. The molecular formula is C13H14ClN3O2S. The number of hydrogen-bond donors (Lipinski definition) is 2. The second-order valence-corrected chi connectivity index (χ2v) is 6.49. The number of anilines is 2. The van der Waals surface area contributed by atoms with Gasteiger partial charge >= 0.3 is 0 Å². The molecule has 0 aliphatic heterocycles. The number of benzene rings is 1. The van der Waals surface area contributed by atoms with Crippen LogP contribution in [0, 0.1) is 13.8 Å². The maximum Gasteiger partial charge on any atom is 0.262 e. The average Bonchev–Trinajstić information content (AvgIpc) is 2.33. The molecule has 0 spiro atoms. The molecular weight excluding hydrogens is 298 g/mol. The first-order valence-corrected chi connectivity index (χ1v) is 7.67. The summed E-state index contributed by atoms with van der Waals surface area (Å²) in [6.07, 6.45) is 1.43. The molecule has 0 atom stereocenters. The van der Waals surface area contributed by atoms with Gasteiger partial charge in [-0.2, -0.15) is 0 Å². The van der Waals surface area contributed by atoms with Crippen molar-refractivity contribution in [2.75, 3.05) is 10.5 Å². The molecule has 0 saturated carbocycles. The second kappa shape index (κ2) is 5.30. The van der Waals surface area contributed by atoms with Crippen molar-refractivity contribution in [1.82, 2.24) is 4.98 Å². The van der Waals surface area contributed by atoms with Crippen LogP contribution in [0.15, 0.2) is 35.4 Å². The van der Waals surface area contributed by atoms with E-state index in [4.69, 9.17) is 17.3 Å². The van der Waals surface area contributed by atoms with Crippen LogP contribution in [0.25, 0.3) is 0 Å². The van der Waals surface area contributed by atoms with Crippen LogP contribution in [-0.2, 0) is 10.0 Å². The Morgan fingerprint density at radius 2 is 1.95 bits per heavy atom. The summed E-state index contributed by atoms with van der Waals surface area (Å²) < 4.78 is 27.3. The predicted octanol–water partition coefficient (Wildman–Crippen LogP) is 2.73. The Labute approximate surface area is 122 Å². The molecule has 3 N–H and O–H groups in total. The number of halogens is 1. The lowest BCUT2D eigenvalue weighted by atomic mass is 10.1. The summed E-state index contributed by atoms with van der Waals surface area (Å²) in [5.41, 5.74) is 7.90. The first-order chi connectivity index (χ1) is 9.29. The van der Waals surface area contributed by atoms with E-state index in [1.807, 2.05) is 0 Å². The molecule has 5 nitrogen and oxygen atoms in total. The number of sulfonamides is 1. The Hall–Kier alpha value is -1.79. The van der Waals surface area contributed by atoms with Gasteiger partial charge in [-0.1, -0.05) is 11.6 Å². The highest BCUT2D eigenvalue weighted by Gasteiger charge is 2.19. The zero-order valence-corrected chi connectivity index (χ0v) is 12.6. The number of rotatable bonds is 3. The van der Waals surface area contributed by atoms with E-state index in [2.05, 4.69) is 9.71 Å². The summed E-state index contributed by atoms with van der Waals surface area (Å²) in [4.78, 5) is 3.95.